The average molecular weight is 1430 g/mol. The Bertz CT molecular complexity index is 2870. The maximum absolute atomic E-state index is 10.7. The van der Waals surface area contributed by atoms with Crippen molar-refractivity contribution in [3.05, 3.63) is 200 Å². The summed E-state index contributed by atoms with van der Waals surface area (Å²) in [5, 5.41) is 4.86. The van der Waals surface area contributed by atoms with Gasteiger partial charge in [-0.15, -0.1) is 22.7 Å². The summed E-state index contributed by atoms with van der Waals surface area (Å²) in [6, 6.07) is 44.5. The third kappa shape index (κ3) is 61.0. The van der Waals surface area contributed by atoms with Gasteiger partial charge in [-0.25, -0.2) is 0 Å². The van der Waals surface area contributed by atoms with Gasteiger partial charge in [-0.3, -0.25) is 33.9 Å². The number of ketones is 5. The highest BCUT2D eigenvalue weighted by Crippen LogP contribution is 2.19. The zero-order valence-corrected chi connectivity index (χ0v) is 65.7. The van der Waals surface area contributed by atoms with E-state index in [-0.39, 0.29) is 30.8 Å². The van der Waals surface area contributed by atoms with Crippen LogP contribution >= 0.6 is 22.7 Å². The fourth-order valence-corrected chi connectivity index (χ4v) is 9.99. The van der Waals surface area contributed by atoms with Crippen LogP contribution in [0.1, 0.15) is 193 Å². The van der Waals surface area contributed by atoms with Gasteiger partial charge in [0.2, 0.25) is 11.8 Å². The van der Waals surface area contributed by atoms with E-state index in [9.17, 15) is 33.6 Å². The second kappa shape index (κ2) is 62.3. The molecule has 0 unspecified atom stereocenters. The fraction of sp³-hybridized carbons (Fsp3) is 0.494. The Morgan fingerprint density at radius 2 is 0.554 bits per heavy atom. The van der Waals surface area contributed by atoms with Gasteiger partial charge in [0.15, 0.2) is 0 Å². The Morgan fingerprint density at radius 3 is 0.743 bits per heavy atom. The number of carbonyl (C=O) groups is 7. The highest BCUT2D eigenvalue weighted by molar-refractivity contribution is 7.09. The first-order chi connectivity index (χ1) is 47.7. The summed E-state index contributed by atoms with van der Waals surface area (Å²) in [5.41, 5.74) is 15.5. The molecule has 0 spiro atoms. The van der Waals surface area contributed by atoms with Crippen LogP contribution in [0.2, 0.25) is 0 Å². The third-order valence-corrected chi connectivity index (χ3v) is 17.0. The van der Waals surface area contributed by atoms with Crippen molar-refractivity contribution in [3.63, 3.8) is 0 Å². The van der Waals surface area contributed by atoms with Crippen LogP contribution in [0.5, 0.6) is 0 Å². The van der Waals surface area contributed by atoms with Gasteiger partial charge in [-0.2, -0.15) is 0 Å². The first-order valence-electron chi connectivity index (χ1n) is 35.7. The second-order valence-corrected chi connectivity index (χ2v) is 27.9. The van der Waals surface area contributed by atoms with E-state index < -0.39 is 0 Å². The zero-order valence-electron chi connectivity index (χ0n) is 64.0. The van der Waals surface area contributed by atoms with E-state index in [1.165, 1.54) is 171 Å². The summed E-state index contributed by atoms with van der Waals surface area (Å²) < 4.78 is 0. The van der Waals surface area contributed by atoms with Gasteiger partial charge in [0, 0.05) is 101 Å². The number of aromatic nitrogens is 2. The van der Waals surface area contributed by atoms with Gasteiger partial charge in [0.05, 0.1) is 11.0 Å². The lowest BCUT2D eigenvalue weighted by atomic mass is 10.0. The molecule has 2 aromatic heterocycles. The number of nitrogens with zero attached hydrogens (tertiary/aromatic N) is 5. The molecular formula is C85H129N7O7S2. The summed E-state index contributed by atoms with van der Waals surface area (Å²) in [5.74, 6) is 0.898. The molecule has 0 bridgehead atoms. The lowest BCUT2D eigenvalue weighted by Gasteiger charge is -2.25. The molecule has 3 saturated heterocycles. The molecule has 3 aliphatic heterocycles. The molecule has 0 aliphatic carbocycles. The van der Waals surface area contributed by atoms with Crippen molar-refractivity contribution >= 4 is 63.4 Å². The molecule has 5 heterocycles. The number of likely N-dealkylation sites (tertiary alicyclic amines) is 3. The molecule has 3 fully saturated rings. The fourth-order valence-electron chi connectivity index (χ4n) is 9.17. The van der Waals surface area contributed by atoms with Gasteiger partial charge in [0.1, 0.15) is 28.9 Å². The van der Waals surface area contributed by atoms with Gasteiger partial charge < -0.3 is 34.9 Å². The topological polar surface area (TPSA) is 179 Å². The van der Waals surface area contributed by atoms with Crippen molar-refractivity contribution in [1.29, 1.82) is 0 Å². The Kier molecular flexibility index (Phi) is 59.0. The summed E-state index contributed by atoms with van der Waals surface area (Å²) >= 11 is 3.33. The molecule has 0 radical (unpaired) electrons. The number of hydrogen-bond donors (Lipinski definition) is 2. The van der Waals surface area contributed by atoms with E-state index in [1.807, 2.05) is 43.3 Å². The molecule has 0 saturated carbocycles. The number of thiazole rings is 2. The van der Waals surface area contributed by atoms with Crippen LogP contribution in [0.15, 0.2) is 151 Å². The number of aryl methyl sites for hydroxylation is 9. The minimum Gasteiger partial charge on any atom is -0.359 e. The van der Waals surface area contributed by atoms with E-state index in [1.54, 1.807) is 57.5 Å². The third-order valence-electron chi connectivity index (χ3n) is 15.6. The number of hydrogen-bond acceptors (Lipinski definition) is 14. The SMILES string of the molecule is C.CC(=O)CCN1CCCCC1.CC(=O)CCN1CCCCC1.CC(=O)CCN1CCCCC1.CNC(=O)CCC(C)=O.CNC(=O)CCC(C)=O.Cc1ccc(-c2ccccc2)cc1.Cc1ccc(C)cc1.Cc1ccc(C)cc1.Cc1ccc(C)cc1.Cc1cncs1.Cc1cncs1. The zero-order chi connectivity index (χ0) is 74.7. The maximum Gasteiger partial charge on any atom is 0.220 e. The molecule has 16 heteroatoms. The van der Waals surface area contributed by atoms with Crippen LogP contribution in [0.25, 0.3) is 11.1 Å². The van der Waals surface area contributed by atoms with Crippen LogP contribution in [0, 0.1) is 62.3 Å². The molecule has 2 amide bonds. The summed E-state index contributed by atoms with van der Waals surface area (Å²) in [4.78, 5) is 90.9. The van der Waals surface area contributed by atoms with Crippen molar-refractivity contribution < 1.29 is 33.6 Å². The molecule has 2 N–H and O–H groups in total. The number of rotatable bonds is 16. The normalized spacial score (nSPS) is 12.6. The number of carbonyl (C=O) groups excluding carboxylic acids is 7. The van der Waals surface area contributed by atoms with Gasteiger partial charge >= 0.3 is 0 Å². The van der Waals surface area contributed by atoms with E-state index >= 15 is 0 Å². The average Bonchev–Trinajstić information content (AvgIpc) is 1.44. The molecule has 10 rings (SSSR count). The molecule has 558 valence electrons. The molecular weight excluding hydrogens is 1300 g/mol. The first kappa shape index (κ1) is 95.6. The highest BCUT2D eigenvalue weighted by Gasteiger charge is 2.12. The van der Waals surface area contributed by atoms with Crippen molar-refractivity contribution in [1.82, 2.24) is 35.3 Å². The van der Waals surface area contributed by atoms with Crippen LogP contribution in [-0.4, -0.2) is 138 Å². The van der Waals surface area contributed by atoms with Gasteiger partial charge in [-0.1, -0.05) is 193 Å². The van der Waals surface area contributed by atoms with E-state index in [0.717, 1.165) is 38.9 Å². The van der Waals surface area contributed by atoms with Crippen LogP contribution in [0.4, 0.5) is 0 Å². The van der Waals surface area contributed by atoms with Crippen molar-refractivity contribution in [2.75, 3.05) is 73.0 Å². The number of Topliss-reactive ketones (excluding diaryl/α,β-unsaturated/α-hetero) is 5. The maximum atomic E-state index is 10.7. The van der Waals surface area contributed by atoms with Crippen LogP contribution < -0.4 is 10.6 Å². The molecule has 7 aromatic rings. The molecule has 101 heavy (non-hydrogen) atoms. The lowest BCUT2D eigenvalue weighted by molar-refractivity contribution is -0.124. The lowest BCUT2D eigenvalue weighted by Crippen LogP contribution is -2.31. The van der Waals surface area contributed by atoms with Crippen LogP contribution in [-0.2, 0) is 33.6 Å². The Hall–Kier alpha value is -7.47. The predicted octanol–water partition coefficient (Wildman–Crippen LogP) is 18.7. The molecule has 14 nitrogen and oxygen atoms in total. The van der Waals surface area contributed by atoms with E-state index in [4.69, 9.17) is 0 Å². The smallest absolute Gasteiger partial charge is 0.220 e. The monoisotopic (exact) mass is 1420 g/mol. The predicted molar refractivity (Wildman–Crippen MR) is 430 cm³/mol. The number of amides is 2. The van der Waals surface area contributed by atoms with Gasteiger partial charge in [0.25, 0.3) is 0 Å². The standard InChI is InChI=1S/C13H12.3C9H17NO.3C8H10.2C6H11NO2.2C4H5NS.CH4/c1-11-7-9-13(10-8-11)12-5-3-2-4-6-12;3*1-9(11)5-8-10-6-3-2-4-7-10;3*1-7-3-5-8(2)6-4-7;2*1-5(8)3-4-6(9)7-2;2*1-4-2-5-3-6-4;/h2-10H,1H3;3*2-8H2,1H3;3*3-6H,1-2H3;2*3-4H2,1-2H3,(H,7,9);2*2-3H,1H3;1H4. The van der Waals surface area contributed by atoms with E-state index in [0.29, 0.717) is 43.0 Å². The first-order valence-corrected chi connectivity index (χ1v) is 37.4. The highest BCUT2D eigenvalue weighted by atomic mass is 32.1. The largest absolute Gasteiger partial charge is 0.359 e. The number of benzene rings is 5. The molecule has 3 aliphatic rings. The minimum absolute atomic E-state index is 0. The summed E-state index contributed by atoms with van der Waals surface area (Å²) in [6.07, 6.45) is 19.2. The van der Waals surface area contributed by atoms with Crippen molar-refractivity contribution in [2.45, 2.75) is 207 Å². The summed E-state index contributed by atoms with van der Waals surface area (Å²) in [7, 11) is 3.12. The number of piperidine rings is 3. The summed E-state index contributed by atoms with van der Waals surface area (Å²) in [6.45, 7) is 36.9. The second-order valence-electron chi connectivity index (χ2n) is 25.7. The van der Waals surface area contributed by atoms with Crippen LogP contribution in [0.3, 0.4) is 0 Å². The minimum atomic E-state index is -0.0785. The number of nitrogens with one attached hydrogen (secondary N) is 2. The van der Waals surface area contributed by atoms with Crippen molar-refractivity contribution in [3.8, 4) is 11.1 Å². The molecule has 5 aromatic carbocycles. The Labute approximate surface area is 619 Å². The van der Waals surface area contributed by atoms with Crippen molar-refractivity contribution in [2.24, 2.45) is 0 Å². The Morgan fingerprint density at radius 1 is 0.327 bits per heavy atom. The quantitative estimate of drug-likeness (QED) is 0.0937. The molecule has 0 atom stereocenters. The van der Waals surface area contributed by atoms with E-state index in [2.05, 4.69) is 205 Å². The Balaban J connectivity index is 0. The van der Waals surface area contributed by atoms with Gasteiger partial charge in [-0.05, 0) is 186 Å².